The molecule has 0 N–H and O–H groups in total. The molecule has 0 saturated carbocycles. The van der Waals surface area contributed by atoms with Gasteiger partial charge in [0.25, 0.3) is 0 Å². The molecule has 0 aromatic rings. The van der Waals surface area contributed by atoms with Crippen LogP contribution >= 0.6 is 0 Å². The van der Waals surface area contributed by atoms with Crippen molar-refractivity contribution in [2.45, 2.75) is 46.1 Å². The summed E-state index contributed by atoms with van der Waals surface area (Å²) in [5.74, 6) is 0. The number of likely N-dealkylation sites (tertiary alicyclic amines) is 1. The molecule has 1 heterocycles. The number of hydrogen-bond donors (Lipinski definition) is 0. The van der Waals surface area contributed by atoms with Gasteiger partial charge in [-0.25, -0.2) is 5.26 Å². The summed E-state index contributed by atoms with van der Waals surface area (Å²) in [5, 5.41) is 8.47. The molecule has 94 valence electrons. The SMILES string of the molecule is CCOC[N+]1(C(C)(C)C)CCCC1.N#C[S-]. The van der Waals surface area contributed by atoms with Crippen LogP contribution in [0.5, 0.6) is 0 Å². The lowest BCUT2D eigenvalue weighted by Gasteiger charge is -2.45. The quantitative estimate of drug-likeness (QED) is 0.434. The molecule has 0 unspecified atom stereocenters. The monoisotopic (exact) mass is 244 g/mol. The number of thiocyanates is 1. The van der Waals surface area contributed by atoms with Gasteiger partial charge in [0.05, 0.1) is 18.6 Å². The fourth-order valence-corrected chi connectivity index (χ4v) is 2.20. The zero-order valence-corrected chi connectivity index (χ0v) is 11.8. The van der Waals surface area contributed by atoms with Crippen molar-refractivity contribution < 1.29 is 9.22 Å². The Bertz CT molecular complexity index is 224. The van der Waals surface area contributed by atoms with Gasteiger partial charge in [0, 0.05) is 19.4 Å². The van der Waals surface area contributed by atoms with Crippen molar-refractivity contribution in [2.75, 3.05) is 26.4 Å². The third-order valence-corrected chi connectivity index (χ3v) is 3.39. The Balaban J connectivity index is 0.000000673. The second-order valence-corrected chi connectivity index (χ2v) is 5.37. The van der Waals surface area contributed by atoms with E-state index >= 15 is 0 Å². The van der Waals surface area contributed by atoms with Gasteiger partial charge in [-0.05, 0) is 27.7 Å². The van der Waals surface area contributed by atoms with Crippen LogP contribution in [0.25, 0.3) is 0 Å². The van der Waals surface area contributed by atoms with Crippen LogP contribution in [0.3, 0.4) is 0 Å². The Morgan fingerprint density at radius 1 is 1.31 bits per heavy atom. The first-order valence-corrected chi connectivity index (χ1v) is 6.29. The van der Waals surface area contributed by atoms with Gasteiger partial charge in [-0.1, -0.05) is 5.40 Å². The molecule has 0 radical (unpaired) electrons. The average molecular weight is 244 g/mol. The molecule has 0 atom stereocenters. The lowest BCUT2D eigenvalue weighted by molar-refractivity contribution is -0.976. The zero-order valence-electron chi connectivity index (χ0n) is 11.0. The van der Waals surface area contributed by atoms with Crippen LogP contribution in [0.2, 0.25) is 0 Å². The number of quaternary nitrogens is 1. The zero-order chi connectivity index (χ0) is 12.7. The minimum Gasteiger partial charge on any atom is -0.696 e. The summed E-state index contributed by atoms with van der Waals surface area (Å²) in [6, 6.07) is 0. The van der Waals surface area contributed by atoms with Gasteiger partial charge >= 0.3 is 0 Å². The Morgan fingerprint density at radius 3 is 2.06 bits per heavy atom. The maximum atomic E-state index is 7.13. The smallest absolute Gasteiger partial charge is 0.183 e. The molecule has 3 nitrogen and oxygen atoms in total. The van der Waals surface area contributed by atoms with E-state index in [-0.39, 0.29) is 0 Å². The summed E-state index contributed by atoms with van der Waals surface area (Å²) in [7, 11) is 0. The van der Waals surface area contributed by atoms with E-state index in [1.54, 1.807) is 0 Å². The van der Waals surface area contributed by atoms with Gasteiger partial charge in [-0.15, -0.1) is 0 Å². The van der Waals surface area contributed by atoms with E-state index in [2.05, 4.69) is 40.3 Å². The lowest BCUT2D eigenvalue weighted by atomic mass is 10.0. The summed E-state index contributed by atoms with van der Waals surface area (Å²) >= 11 is 3.70. The van der Waals surface area contributed by atoms with Crippen LogP contribution in [-0.2, 0) is 17.4 Å². The van der Waals surface area contributed by atoms with Crippen LogP contribution in [-0.4, -0.2) is 36.4 Å². The standard InChI is InChI=1S/C11H24NO.CHNS/c1-5-13-10-12(11(2,3)4)8-6-7-9-12;2-1-3/h5-10H2,1-4H3;3H/q+1;/p-1. The number of ether oxygens (including phenoxy) is 1. The van der Waals surface area contributed by atoms with Crippen molar-refractivity contribution in [2.24, 2.45) is 0 Å². The fourth-order valence-electron chi connectivity index (χ4n) is 2.20. The third-order valence-electron chi connectivity index (χ3n) is 3.39. The minimum atomic E-state index is 0.339. The van der Waals surface area contributed by atoms with Gasteiger partial charge in [-0.3, -0.25) is 4.48 Å². The van der Waals surface area contributed by atoms with Crippen molar-refractivity contribution in [3.8, 4) is 5.40 Å². The Morgan fingerprint density at radius 2 is 1.75 bits per heavy atom. The molecule has 16 heavy (non-hydrogen) atoms. The maximum Gasteiger partial charge on any atom is 0.183 e. The second-order valence-electron chi connectivity index (χ2n) is 5.18. The molecule has 1 saturated heterocycles. The summed E-state index contributed by atoms with van der Waals surface area (Å²) in [4.78, 5) is 0. The highest BCUT2D eigenvalue weighted by Crippen LogP contribution is 2.30. The van der Waals surface area contributed by atoms with Gasteiger partial charge in [0.1, 0.15) is 0 Å². The summed E-state index contributed by atoms with van der Waals surface area (Å²) < 4.78 is 6.77. The number of rotatable bonds is 3. The molecule has 0 aromatic carbocycles. The van der Waals surface area contributed by atoms with E-state index in [1.807, 2.05) is 0 Å². The molecule has 1 rings (SSSR count). The highest BCUT2D eigenvalue weighted by atomic mass is 32.1. The molecule has 0 spiro atoms. The van der Waals surface area contributed by atoms with Gasteiger partial charge in [0.2, 0.25) is 0 Å². The van der Waals surface area contributed by atoms with Gasteiger partial charge < -0.3 is 17.4 Å². The van der Waals surface area contributed by atoms with Crippen molar-refractivity contribution in [3.05, 3.63) is 0 Å². The third kappa shape index (κ3) is 4.25. The number of hydrogen-bond acceptors (Lipinski definition) is 3. The second kappa shape index (κ2) is 7.05. The van der Waals surface area contributed by atoms with Crippen molar-refractivity contribution >= 4 is 12.6 Å². The molecule has 0 bridgehead atoms. The van der Waals surface area contributed by atoms with Crippen LogP contribution < -0.4 is 0 Å². The fraction of sp³-hybridized carbons (Fsp3) is 0.917. The average Bonchev–Trinajstić information content (AvgIpc) is 2.64. The Kier molecular flexibility index (Phi) is 6.89. The largest absolute Gasteiger partial charge is 0.696 e. The molecule has 4 heteroatoms. The van der Waals surface area contributed by atoms with Crippen LogP contribution in [0.15, 0.2) is 0 Å². The highest BCUT2D eigenvalue weighted by Gasteiger charge is 2.42. The van der Waals surface area contributed by atoms with Crippen molar-refractivity contribution in [1.29, 1.82) is 5.26 Å². The van der Waals surface area contributed by atoms with E-state index in [9.17, 15) is 0 Å². The molecule has 1 aliphatic rings. The predicted octanol–water partition coefficient (Wildman–Crippen LogP) is 2.40. The Hall–Kier alpha value is -0.370. The molecule has 0 aliphatic carbocycles. The minimum absolute atomic E-state index is 0.339. The Labute approximate surface area is 105 Å². The maximum absolute atomic E-state index is 7.13. The molecular weight excluding hydrogens is 220 g/mol. The lowest BCUT2D eigenvalue weighted by Crippen LogP contribution is -2.59. The van der Waals surface area contributed by atoms with E-state index in [4.69, 9.17) is 10.00 Å². The summed E-state index contributed by atoms with van der Waals surface area (Å²) in [6.07, 6.45) is 2.73. The molecule has 0 amide bonds. The predicted molar refractivity (Wildman–Crippen MR) is 68.5 cm³/mol. The van der Waals surface area contributed by atoms with E-state index < -0.39 is 0 Å². The van der Waals surface area contributed by atoms with Crippen LogP contribution in [0, 0.1) is 10.7 Å². The number of nitriles is 1. The first-order chi connectivity index (χ1) is 7.43. The number of nitrogens with zero attached hydrogens (tertiary/aromatic N) is 2. The first kappa shape index (κ1) is 15.6. The molecule has 1 aliphatic heterocycles. The normalized spacial score (nSPS) is 18.4. The summed E-state index contributed by atoms with van der Waals surface area (Å²) in [6.45, 7) is 13.4. The highest BCUT2D eigenvalue weighted by molar-refractivity contribution is 7.64. The first-order valence-electron chi connectivity index (χ1n) is 5.88. The topological polar surface area (TPSA) is 33.0 Å². The van der Waals surface area contributed by atoms with Crippen molar-refractivity contribution in [3.63, 3.8) is 0 Å². The van der Waals surface area contributed by atoms with Gasteiger partial charge in [0.15, 0.2) is 6.73 Å². The summed E-state index contributed by atoms with van der Waals surface area (Å²) in [5.41, 5.74) is 0.339. The van der Waals surface area contributed by atoms with Crippen LogP contribution in [0.1, 0.15) is 40.5 Å². The molecular formula is C12H24N2OS. The van der Waals surface area contributed by atoms with E-state index in [0.29, 0.717) is 5.54 Å². The molecule has 1 fully saturated rings. The van der Waals surface area contributed by atoms with Crippen molar-refractivity contribution in [1.82, 2.24) is 0 Å². The van der Waals surface area contributed by atoms with Crippen LogP contribution in [0.4, 0.5) is 0 Å². The van der Waals surface area contributed by atoms with Gasteiger partial charge in [-0.2, -0.15) is 0 Å². The van der Waals surface area contributed by atoms with E-state index in [1.165, 1.54) is 31.3 Å². The molecule has 0 aromatic heterocycles. The van der Waals surface area contributed by atoms with E-state index in [0.717, 1.165) is 17.8 Å².